The highest BCUT2D eigenvalue weighted by Crippen LogP contribution is 2.88. The highest BCUT2D eigenvalue weighted by Gasteiger charge is 2.85. The second-order valence-corrected chi connectivity index (χ2v) is 19.0. The highest BCUT2D eigenvalue weighted by molar-refractivity contribution is 6.38. The molecule has 0 bridgehead atoms. The molecular weight excluding hydrogens is 672 g/mol. The second-order valence-electron chi connectivity index (χ2n) is 19.0. The zero-order valence-corrected chi connectivity index (χ0v) is 33.2. The molecule has 6 atom stereocenters. The molecule has 2 spiro atoms. The Kier molecular flexibility index (Phi) is 11.4. The normalized spacial score (nSPS) is 29.4. The summed E-state index contributed by atoms with van der Waals surface area (Å²) in [5.74, 6) is -2.64. The van der Waals surface area contributed by atoms with Crippen LogP contribution in [0.4, 0.5) is 0 Å². The number of carbonyl (C=O) groups excluding carboxylic acids is 6. The van der Waals surface area contributed by atoms with Gasteiger partial charge in [-0.15, -0.1) is 0 Å². The average Bonchev–Trinajstić information content (AvgIpc) is 3.94. The zero-order valence-electron chi connectivity index (χ0n) is 33.2. The molecule has 12 heteroatoms. The third-order valence-corrected chi connectivity index (χ3v) is 14.5. The smallest absolute Gasteiger partial charge is 0.289 e. The number of rotatable bonds is 13. The summed E-state index contributed by atoms with van der Waals surface area (Å²) in [4.78, 5) is 85.1. The van der Waals surface area contributed by atoms with Gasteiger partial charge in [0.05, 0.1) is 12.1 Å². The van der Waals surface area contributed by atoms with Crippen molar-refractivity contribution in [2.75, 3.05) is 13.1 Å². The summed E-state index contributed by atoms with van der Waals surface area (Å²) in [6.07, 6.45) is 13.7. The average molecular weight is 739 g/mol. The van der Waals surface area contributed by atoms with E-state index in [1.54, 1.807) is 4.90 Å². The van der Waals surface area contributed by atoms with E-state index in [9.17, 15) is 24.0 Å². The van der Waals surface area contributed by atoms with Crippen molar-refractivity contribution in [1.29, 1.82) is 0 Å². The topological polar surface area (TPSA) is 166 Å². The summed E-state index contributed by atoms with van der Waals surface area (Å²) in [6.45, 7) is 13.3. The van der Waals surface area contributed by atoms with E-state index in [4.69, 9.17) is 0 Å². The molecule has 12 nitrogen and oxygen atoms in total. The molecule has 0 aromatic carbocycles. The van der Waals surface area contributed by atoms with Crippen LogP contribution in [0.3, 0.4) is 0 Å². The van der Waals surface area contributed by atoms with Crippen molar-refractivity contribution in [1.82, 2.24) is 31.5 Å². The molecule has 53 heavy (non-hydrogen) atoms. The first-order chi connectivity index (χ1) is 25.1. The van der Waals surface area contributed by atoms with Crippen LogP contribution in [0.2, 0.25) is 0 Å². The molecule has 296 valence electrons. The summed E-state index contributed by atoms with van der Waals surface area (Å²) < 4.78 is 0. The van der Waals surface area contributed by atoms with Crippen LogP contribution >= 0.6 is 0 Å². The maximum atomic E-state index is 15.0. The third kappa shape index (κ3) is 7.51. The Morgan fingerprint density at radius 2 is 1.49 bits per heavy atom. The van der Waals surface area contributed by atoms with Crippen LogP contribution in [0, 0.1) is 27.6 Å². The lowest BCUT2D eigenvalue weighted by Crippen LogP contribution is -2.62. The first kappa shape index (κ1) is 39.7. The van der Waals surface area contributed by atoms with Gasteiger partial charge in [0.25, 0.3) is 5.91 Å². The van der Waals surface area contributed by atoms with Crippen molar-refractivity contribution in [2.45, 2.75) is 181 Å². The third-order valence-electron chi connectivity index (χ3n) is 14.5. The quantitative estimate of drug-likeness (QED) is 0.180. The largest absolute Gasteiger partial charge is 0.347 e. The van der Waals surface area contributed by atoms with Crippen molar-refractivity contribution in [3.05, 3.63) is 0 Å². The summed E-state index contributed by atoms with van der Waals surface area (Å²) in [6, 6.07) is -3.90. The van der Waals surface area contributed by atoms with E-state index in [0.29, 0.717) is 25.8 Å². The van der Waals surface area contributed by atoms with Crippen LogP contribution in [-0.2, 0) is 28.8 Å². The Hall–Kier alpha value is -3.02. The summed E-state index contributed by atoms with van der Waals surface area (Å²) in [5.41, 5.74) is -1.02. The van der Waals surface area contributed by atoms with Gasteiger partial charge in [0.2, 0.25) is 29.4 Å². The number of fused-ring (bicyclic) bond motifs is 1. The van der Waals surface area contributed by atoms with Gasteiger partial charge in [-0.25, -0.2) is 0 Å². The lowest BCUT2D eigenvalue weighted by atomic mass is 9.73. The van der Waals surface area contributed by atoms with Gasteiger partial charge in [-0.1, -0.05) is 80.1 Å². The van der Waals surface area contributed by atoms with Crippen LogP contribution < -0.4 is 26.6 Å². The maximum absolute atomic E-state index is 15.0. The molecule has 6 fully saturated rings. The van der Waals surface area contributed by atoms with E-state index < -0.39 is 47.2 Å². The first-order valence-corrected chi connectivity index (χ1v) is 20.9. The molecule has 0 aromatic rings. The number of piperidine rings is 1. The second kappa shape index (κ2) is 15.3. The number of amides is 5. The van der Waals surface area contributed by atoms with E-state index in [1.165, 1.54) is 0 Å². The molecule has 2 saturated heterocycles. The Morgan fingerprint density at radius 3 is 2.04 bits per heavy atom. The Bertz CT molecular complexity index is 1440. The van der Waals surface area contributed by atoms with Crippen molar-refractivity contribution >= 4 is 35.3 Å². The minimum Gasteiger partial charge on any atom is -0.347 e. The van der Waals surface area contributed by atoms with Gasteiger partial charge in [0.15, 0.2) is 0 Å². The minimum absolute atomic E-state index is 0.0162. The fourth-order valence-electron chi connectivity index (χ4n) is 10.8. The number of Topliss-reactive ketones (excluding diaryl/α,β-unsaturated/α-hetero) is 1. The molecule has 6 rings (SSSR count). The molecule has 0 radical (unpaired) electrons. The van der Waals surface area contributed by atoms with Crippen LogP contribution in [0.15, 0.2) is 0 Å². The van der Waals surface area contributed by atoms with Crippen LogP contribution in [0.5, 0.6) is 0 Å². The van der Waals surface area contributed by atoms with E-state index in [1.807, 2.05) is 27.7 Å². The Balaban J connectivity index is 1.25. The fraction of sp³-hybridized carbons (Fsp3) is 0.854. The lowest BCUT2D eigenvalue weighted by molar-refractivity contribution is -0.145. The number of nitrogens with zero attached hydrogens (tertiary/aromatic N) is 1. The minimum atomic E-state index is -0.985. The van der Waals surface area contributed by atoms with Gasteiger partial charge >= 0.3 is 0 Å². The number of hydrogen-bond donors (Lipinski definition) is 5. The predicted molar refractivity (Wildman–Crippen MR) is 201 cm³/mol. The van der Waals surface area contributed by atoms with Gasteiger partial charge in [0, 0.05) is 18.0 Å². The fourth-order valence-corrected chi connectivity index (χ4v) is 10.8. The standard InChI is InChI=1S/C41H66N6O6/c1-7-14-27(31(48)36(52)43-26-18-19-26)44-34(50)29-23-41(39(5,6)40(41)20-13-21-40)24-47(29)37(53)32(38(2,3)4)46-35(51)30(25-15-9-8-10-16-25)45-33(49)28-17-11-12-22-42-28/h25-30,32,42H,7-24H2,1-6H3,(H,43,52)(H,44,50)(H,45,49)(H,46,51)/t27-,28-,29-,30?,32+,41+/m0/s1. The number of hydrogen-bond acceptors (Lipinski definition) is 7. The van der Waals surface area contributed by atoms with Crippen LogP contribution in [0.1, 0.15) is 144 Å². The van der Waals surface area contributed by atoms with Crippen molar-refractivity contribution < 1.29 is 28.8 Å². The predicted octanol–water partition coefficient (Wildman–Crippen LogP) is 3.65. The molecule has 2 aliphatic heterocycles. The van der Waals surface area contributed by atoms with Gasteiger partial charge in [-0.2, -0.15) is 0 Å². The SMILES string of the molecule is CCC[C@H](NC(=O)[C@@H]1C[C@@]2(CN1C(=O)[C@@H](NC(=O)C(NC(=O)[C@@H]1CCCCN1)C1CCCCC1)C(C)(C)C)C(C)(C)C21CCC1)C(=O)C(=O)NC1CC1. The van der Waals surface area contributed by atoms with Crippen molar-refractivity contribution in [2.24, 2.45) is 27.6 Å². The molecule has 1 unspecified atom stereocenters. The lowest BCUT2D eigenvalue weighted by Gasteiger charge is -2.38. The van der Waals surface area contributed by atoms with E-state index >= 15 is 4.79 Å². The van der Waals surface area contributed by atoms with Crippen LogP contribution in [0.25, 0.3) is 0 Å². The summed E-state index contributed by atoms with van der Waals surface area (Å²) in [5, 5.41) is 15.2. The maximum Gasteiger partial charge on any atom is 0.289 e. The molecule has 4 saturated carbocycles. The van der Waals surface area contributed by atoms with Crippen LogP contribution in [-0.4, -0.2) is 89.6 Å². The summed E-state index contributed by atoms with van der Waals surface area (Å²) >= 11 is 0. The van der Waals surface area contributed by atoms with Gasteiger partial charge < -0.3 is 31.5 Å². The van der Waals surface area contributed by atoms with Gasteiger partial charge in [-0.3, -0.25) is 28.8 Å². The van der Waals surface area contributed by atoms with Crippen molar-refractivity contribution in [3.8, 4) is 0 Å². The zero-order chi connectivity index (χ0) is 38.3. The van der Waals surface area contributed by atoms with Gasteiger partial charge in [0.1, 0.15) is 18.1 Å². The number of likely N-dealkylation sites (tertiary alicyclic amines) is 1. The molecule has 2 heterocycles. The summed E-state index contributed by atoms with van der Waals surface area (Å²) in [7, 11) is 0. The van der Waals surface area contributed by atoms with Gasteiger partial charge in [-0.05, 0) is 92.9 Å². The molecule has 5 amide bonds. The number of ketones is 1. The number of carbonyl (C=O) groups is 6. The number of nitrogens with one attached hydrogen (secondary N) is 5. The molecule has 5 N–H and O–H groups in total. The molecule has 4 aliphatic carbocycles. The monoisotopic (exact) mass is 739 g/mol. The molecule has 6 aliphatic rings. The Morgan fingerprint density at radius 1 is 0.811 bits per heavy atom. The van der Waals surface area contributed by atoms with E-state index in [0.717, 1.165) is 90.0 Å². The Labute approximate surface area is 316 Å². The van der Waals surface area contributed by atoms with Crippen molar-refractivity contribution in [3.63, 3.8) is 0 Å². The van der Waals surface area contributed by atoms with E-state index in [-0.39, 0.29) is 52.0 Å². The molecule has 0 aromatic heterocycles. The highest BCUT2D eigenvalue weighted by atomic mass is 16.2. The van der Waals surface area contributed by atoms with E-state index in [2.05, 4.69) is 40.4 Å². The molecular formula is C41H66N6O6. The first-order valence-electron chi connectivity index (χ1n) is 20.9.